The molecule has 7 atom stereocenters. The number of rotatable bonds is 0. The number of aliphatic hydroxyl groups excluding tert-OH is 1. The van der Waals surface area contributed by atoms with Gasteiger partial charge in [0.2, 0.25) is 0 Å². The zero-order valence-corrected chi connectivity index (χ0v) is 13.5. The lowest BCUT2D eigenvalue weighted by Crippen LogP contribution is -2.49. The molecular weight excluding hydrogens is 276 g/mol. The van der Waals surface area contributed by atoms with Crippen molar-refractivity contribution in [2.75, 3.05) is 0 Å². The molecule has 3 heteroatoms. The molecule has 0 spiro atoms. The van der Waals surface area contributed by atoms with Crippen LogP contribution in [0.1, 0.15) is 52.4 Å². The summed E-state index contributed by atoms with van der Waals surface area (Å²) in [6.07, 6.45) is 6.53. The summed E-state index contributed by atoms with van der Waals surface area (Å²) in [6.45, 7) is 4.38. The fourth-order valence-corrected chi connectivity index (χ4v) is 6.38. The van der Waals surface area contributed by atoms with Gasteiger partial charge in [0.15, 0.2) is 11.6 Å². The highest BCUT2D eigenvalue weighted by molar-refractivity contribution is 5.92. The number of hydrogen-bond donors (Lipinski definition) is 1. The Morgan fingerprint density at radius 2 is 2.05 bits per heavy atom. The largest absolute Gasteiger partial charge is 0.385 e. The van der Waals surface area contributed by atoms with E-state index >= 15 is 0 Å². The van der Waals surface area contributed by atoms with E-state index in [-0.39, 0.29) is 11.2 Å². The lowest BCUT2D eigenvalue weighted by Gasteiger charge is -2.54. The minimum atomic E-state index is -0.745. The van der Waals surface area contributed by atoms with Crippen LogP contribution in [-0.2, 0) is 9.59 Å². The average Bonchev–Trinajstić information content (AvgIpc) is 2.70. The van der Waals surface area contributed by atoms with Gasteiger partial charge in [-0.1, -0.05) is 19.4 Å². The van der Waals surface area contributed by atoms with Crippen LogP contribution in [-0.4, -0.2) is 22.8 Å². The first kappa shape index (κ1) is 14.6. The van der Waals surface area contributed by atoms with Crippen molar-refractivity contribution in [2.24, 2.45) is 35.0 Å². The Kier molecular flexibility index (Phi) is 3.17. The molecule has 0 aromatic rings. The van der Waals surface area contributed by atoms with E-state index in [9.17, 15) is 14.7 Å². The second-order valence-corrected chi connectivity index (χ2v) is 8.43. The van der Waals surface area contributed by atoms with E-state index in [4.69, 9.17) is 0 Å². The van der Waals surface area contributed by atoms with E-state index in [2.05, 4.69) is 13.8 Å². The van der Waals surface area contributed by atoms with Crippen molar-refractivity contribution in [2.45, 2.75) is 58.5 Å². The molecule has 3 fully saturated rings. The fraction of sp³-hybridized carbons (Fsp3) is 0.789. The third kappa shape index (κ3) is 1.84. The highest BCUT2D eigenvalue weighted by Crippen LogP contribution is 2.61. The van der Waals surface area contributed by atoms with E-state index in [1.165, 1.54) is 5.57 Å². The number of ketones is 2. The topological polar surface area (TPSA) is 54.4 Å². The van der Waals surface area contributed by atoms with Crippen molar-refractivity contribution in [1.29, 1.82) is 0 Å². The number of fused-ring (bicyclic) bond motifs is 5. The molecule has 0 unspecified atom stereocenters. The van der Waals surface area contributed by atoms with Gasteiger partial charge in [-0.2, -0.15) is 0 Å². The molecule has 0 aromatic heterocycles. The van der Waals surface area contributed by atoms with E-state index in [0.717, 1.165) is 25.7 Å². The van der Waals surface area contributed by atoms with Gasteiger partial charge < -0.3 is 5.11 Å². The molecule has 22 heavy (non-hydrogen) atoms. The van der Waals surface area contributed by atoms with Gasteiger partial charge in [-0.25, -0.2) is 0 Å². The van der Waals surface area contributed by atoms with Crippen LogP contribution in [0.4, 0.5) is 0 Å². The number of carbonyl (C=O) groups is 2. The van der Waals surface area contributed by atoms with Gasteiger partial charge in [0.1, 0.15) is 6.10 Å². The molecule has 0 radical (unpaired) electrons. The summed E-state index contributed by atoms with van der Waals surface area (Å²) in [7, 11) is 0. The standard InChI is InChI=1S/C19H26O3/c1-10-7-11-8-12(20)3-4-13(11)14-5-6-19(2)15(17(10)14)9-16(21)18(19)22/h8,10,13-17,21H,3-7,9H2,1-2H3/t10-,13+,14-,15+,16-,17-,19+/m1/s1. The summed E-state index contributed by atoms with van der Waals surface area (Å²) in [5.74, 6) is 2.93. The number of aliphatic hydroxyl groups is 1. The number of allylic oxidation sites excluding steroid dienone is 1. The van der Waals surface area contributed by atoms with Gasteiger partial charge in [0.05, 0.1) is 0 Å². The second-order valence-electron chi connectivity index (χ2n) is 8.43. The van der Waals surface area contributed by atoms with Crippen molar-refractivity contribution in [3.05, 3.63) is 11.6 Å². The first-order valence-corrected chi connectivity index (χ1v) is 8.87. The highest BCUT2D eigenvalue weighted by Gasteiger charge is 2.60. The summed E-state index contributed by atoms with van der Waals surface area (Å²) < 4.78 is 0. The maximum absolute atomic E-state index is 12.5. The fourth-order valence-electron chi connectivity index (χ4n) is 6.38. The Morgan fingerprint density at radius 3 is 2.82 bits per heavy atom. The maximum Gasteiger partial charge on any atom is 0.167 e. The number of hydrogen-bond acceptors (Lipinski definition) is 3. The predicted octanol–water partition coefficient (Wildman–Crippen LogP) is 2.91. The van der Waals surface area contributed by atoms with E-state index < -0.39 is 6.10 Å². The zero-order valence-electron chi connectivity index (χ0n) is 13.5. The molecule has 3 saturated carbocycles. The molecule has 0 bridgehead atoms. The Labute approximate surface area is 132 Å². The van der Waals surface area contributed by atoms with Crippen LogP contribution in [0, 0.1) is 35.0 Å². The van der Waals surface area contributed by atoms with Crippen LogP contribution < -0.4 is 0 Å². The van der Waals surface area contributed by atoms with Crippen molar-refractivity contribution in [1.82, 2.24) is 0 Å². The van der Waals surface area contributed by atoms with E-state index in [1.807, 2.05) is 6.08 Å². The lowest BCUT2D eigenvalue weighted by molar-refractivity contribution is -0.136. The third-order valence-electron chi connectivity index (χ3n) is 7.37. The zero-order chi connectivity index (χ0) is 15.6. The van der Waals surface area contributed by atoms with E-state index in [1.54, 1.807) is 0 Å². The van der Waals surface area contributed by atoms with Gasteiger partial charge in [-0.05, 0) is 67.8 Å². The molecule has 4 aliphatic carbocycles. The second kappa shape index (κ2) is 4.77. The molecule has 3 nitrogen and oxygen atoms in total. The minimum absolute atomic E-state index is 0.0864. The molecular formula is C19H26O3. The van der Waals surface area contributed by atoms with Crippen LogP contribution >= 0.6 is 0 Å². The third-order valence-corrected chi connectivity index (χ3v) is 7.37. The Morgan fingerprint density at radius 1 is 1.27 bits per heavy atom. The molecule has 4 rings (SSSR count). The number of Topliss-reactive ketones (excluding diaryl/α,β-unsaturated/α-hetero) is 1. The SMILES string of the molecule is C[C@@H]1CC2=CC(=O)CC[C@@H]2[C@H]2CC[C@]3(C)C(=O)[C@H](O)C[C@H]3[C@@H]21. The smallest absolute Gasteiger partial charge is 0.167 e. The quantitative estimate of drug-likeness (QED) is 0.748. The van der Waals surface area contributed by atoms with Gasteiger partial charge in [-0.3, -0.25) is 9.59 Å². The van der Waals surface area contributed by atoms with Gasteiger partial charge >= 0.3 is 0 Å². The number of carbonyl (C=O) groups excluding carboxylic acids is 2. The predicted molar refractivity (Wildman–Crippen MR) is 83.0 cm³/mol. The van der Waals surface area contributed by atoms with Crippen LogP contribution in [0.15, 0.2) is 11.6 Å². The molecule has 4 aliphatic rings. The van der Waals surface area contributed by atoms with Gasteiger partial charge in [-0.15, -0.1) is 0 Å². The maximum atomic E-state index is 12.5. The van der Waals surface area contributed by atoms with Crippen LogP contribution in [0.5, 0.6) is 0 Å². The molecule has 0 saturated heterocycles. The summed E-state index contributed by atoms with van der Waals surface area (Å²) in [6, 6.07) is 0. The van der Waals surface area contributed by atoms with Crippen molar-refractivity contribution >= 4 is 11.6 Å². The first-order valence-electron chi connectivity index (χ1n) is 8.87. The normalized spacial score (nSPS) is 51.0. The lowest BCUT2D eigenvalue weighted by atomic mass is 9.50. The van der Waals surface area contributed by atoms with Crippen molar-refractivity contribution in [3.63, 3.8) is 0 Å². The molecule has 120 valence electrons. The van der Waals surface area contributed by atoms with Crippen LogP contribution in [0.3, 0.4) is 0 Å². The molecule has 0 aromatic carbocycles. The average molecular weight is 302 g/mol. The Hall–Kier alpha value is -0.960. The molecule has 0 amide bonds. The van der Waals surface area contributed by atoms with Crippen LogP contribution in [0.2, 0.25) is 0 Å². The van der Waals surface area contributed by atoms with Gasteiger partial charge in [0, 0.05) is 11.8 Å². The molecule has 0 heterocycles. The summed E-state index contributed by atoms with van der Waals surface area (Å²) in [5, 5.41) is 10.1. The summed E-state index contributed by atoms with van der Waals surface area (Å²) in [4.78, 5) is 24.2. The summed E-state index contributed by atoms with van der Waals surface area (Å²) in [5.41, 5.74) is 1.07. The first-order chi connectivity index (χ1) is 10.4. The Balaban J connectivity index is 1.70. The minimum Gasteiger partial charge on any atom is -0.385 e. The van der Waals surface area contributed by atoms with E-state index in [0.29, 0.717) is 48.2 Å². The monoisotopic (exact) mass is 302 g/mol. The van der Waals surface area contributed by atoms with Crippen molar-refractivity contribution < 1.29 is 14.7 Å². The highest BCUT2D eigenvalue weighted by atomic mass is 16.3. The van der Waals surface area contributed by atoms with Crippen LogP contribution in [0.25, 0.3) is 0 Å². The molecule has 0 aliphatic heterocycles. The molecule has 1 N–H and O–H groups in total. The summed E-state index contributed by atoms with van der Waals surface area (Å²) >= 11 is 0. The Bertz CT molecular complexity index is 563. The van der Waals surface area contributed by atoms with Crippen molar-refractivity contribution in [3.8, 4) is 0 Å². The van der Waals surface area contributed by atoms with Gasteiger partial charge in [0.25, 0.3) is 0 Å².